The fraction of sp³-hybridized carbons (Fsp3) is 0.400. The van der Waals surface area contributed by atoms with Gasteiger partial charge in [0.25, 0.3) is 5.56 Å². The lowest BCUT2D eigenvalue weighted by atomic mass is 10.1. The number of aliphatic hydroxyl groups excluding tert-OH is 2. The lowest BCUT2D eigenvalue weighted by Gasteiger charge is -2.18. The number of aromatic nitrogens is 5. The number of nitrogens with zero attached hydrogens (tertiary/aromatic N) is 5. The SMILES string of the molecule is CC1OC(n2cc(F)c(=O)n(Cc3cn(Cc4ccccc4C(F)(F)F)nn3)c2=O)C(O)C1O. The molecule has 1 saturated heterocycles. The minimum Gasteiger partial charge on any atom is -0.388 e. The molecule has 2 N–H and O–H groups in total. The molecule has 34 heavy (non-hydrogen) atoms. The van der Waals surface area contributed by atoms with Gasteiger partial charge in [-0.2, -0.15) is 17.6 Å². The molecule has 182 valence electrons. The van der Waals surface area contributed by atoms with E-state index in [1.807, 2.05) is 0 Å². The van der Waals surface area contributed by atoms with Gasteiger partial charge >= 0.3 is 11.9 Å². The maximum atomic E-state index is 14.3. The van der Waals surface area contributed by atoms with Crippen molar-refractivity contribution in [3.63, 3.8) is 0 Å². The summed E-state index contributed by atoms with van der Waals surface area (Å²) in [5, 5.41) is 27.5. The molecule has 2 aromatic heterocycles. The van der Waals surface area contributed by atoms with Crippen LogP contribution in [-0.2, 0) is 24.0 Å². The second kappa shape index (κ2) is 8.77. The van der Waals surface area contributed by atoms with Crippen LogP contribution < -0.4 is 11.2 Å². The third-order valence-corrected chi connectivity index (χ3v) is 5.47. The Labute approximate surface area is 188 Å². The van der Waals surface area contributed by atoms with Gasteiger partial charge in [-0.15, -0.1) is 5.10 Å². The number of hydrogen-bond acceptors (Lipinski definition) is 7. The first-order valence-electron chi connectivity index (χ1n) is 10.0. The number of halogens is 4. The summed E-state index contributed by atoms with van der Waals surface area (Å²) in [5.41, 5.74) is -3.24. The first kappa shape index (κ1) is 23.8. The van der Waals surface area contributed by atoms with E-state index in [0.717, 1.165) is 10.7 Å². The zero-order valence-corrected chi connectivity index (χ0v) is 17.6. The first-order chi connectivity index (χ1) is 16.0. The number of ether oxygens (including phenoxy) is 1. The van der Waals surface area contributed by atoms with Gasteiger partial charge in [-0.25, -0.2) is 9.48 Å². The molecule has 0 aliphatic carbocycles. The van der Waals surface area contributed by atoms with Gasteiger partial charge in [-0.3, -0.25) is 13.9 Å². The van der Waals surface area contributed by atoms with Crippen LogP contribution in [0.2, 0.25) is 0 Å². The van der Waals surface area contributed by atoms with Crippen molar-refractivity contribution < 1.29 is 32.5 Å². The number of hydrogen-bond donors (Lipinski definition) is 2. The molecule has 3 aromatic rings. The normalized spacial score (nSPS) is 22.9. The fourth-order valence-electron chi connectivity index (χ4n) is 3.73. The molecule has 10 nitrogen and oxygen atoms in total. The molecule has 1 aliphatic heterocycles. The Hall–Kier alpha value is -3.36. The molecule has 0 saturated carbocycles. The molecule has 14 heteroatoms. The Bertz CT molecular complexity index is 1320. The smallest absolute Gasteiger partial charge is 0.388 e. The van der Waals surface area contributed by atoms with Gasteiger partial charge in [0.2, 0.25) is 5.82 Å². The number of alkyl halides is 3. The van der Waals surface area contributed by atoms with E-state index >= 15 is 0 Å². The molecule has 1 fully saturated rings. The molecule has 0 spiro atoms. The maximum absolute atomic E-state index is 14.3. The van der Waals surface area contributed by atoms with Crippen LogP contribution in [0.4, 0.5) is 17.6 Å². The summed E-state index contributed by atoms with van der Waals surface area (Å²) in [6.07, 6.45) is -7.94. The van der Waals surface area contributed by atoms with E-state index in [4.69, 9.17) is 4.74 Å². The second-order valence-electron chi connectivity index (χ2n) is 7.83. The van der Waals surface area contributed by atoms with E-state index in [1.54, 1.807) is 0 Å². The molecule has 0 bridgehead atoms. The summed E-state index contributed by atoms with van der Waals surface area (Å²) in [6.45, 7) is 0.612. The molecular weight excluding hydrogens is 466 g/mol. The van der Waals surface area contributed by atoms with Gasteiger partial charge < -0.3 is 14.9 Å². The fourth-order valence-corrected chi connectivity index (χ4v) is 3.73. The van der Waals surface area contributed by atoms with Crippen LogP contribution in [-0.4, -0.2) is 52.7 Å². The van der Waals surface area contributed by atoms with Gasteiger partial charge in [-0.05, 0) is 18.6 Å². The molecular formula is C20H19F4N5O5. The first-order valence-corrected chi connectivity index (χ1v) is 10.0. The zero-order valence-electron chi connectivity index (χ0n) is 17.6. The lowest BCUT2D eigenvalue weighted by molar-refractivity contribution is -0.138. The van der Waals surface area contributed by atoms with Crippen molar-refractivity contribution in [2.24, 2.45) is 0 Å². The summed E-state index contributed by atoms with van der Waals surface area (Å²) < 4.78 is 61.5. The van der Waals surface area contributed by atoms with Crippen LogP contribution in [0.1, 0.15) is 30.0 Å². The predicted molar refractivity (Wildman–Crippen MR) is 106 cm³/mol. The van der Waals surface area contributed by atoms with Gasteiger partial charge in [0.1, 0.15) is 17.9 Å². The Morgan fingerprint density at radius 1 is 1.09 bits per heavy atom. The van der Waals surface area contributed by atoms with E-state index in [0.29, 0.717) is 15.3 Å². The molecule has 0 radical (unpaired) electrons. The highest BCUT2D eigenvalue weighted by Crippen LogP contribution is 2.32. The van der Waals surface area contributed by atoms with Crippen molar-refractivity contribution in [2.45, 2.75) is 50.7 Å². The van der Waals surface area contributed by atoms with Crippen LogP contribution in [0.3, 0.4) is 0 Å². The summed E-state index contributed by atoms with van der Waals surface area (Å²) in [4.78, 5) is 25.1. The Morgan fingerprint density at radius 2 is 1.79 bits per heavy atom. The molecule has 1 aliphatic rings. The van der Waals surface area contributed by atoms with Gasteiger partial charge in [-0.1, -0.05) is 23.4 Å². The summed E-state index contributed by atoms with van der Waals surface area (Å²) in [7, 11) is 0. The molecule has 4 rings (SSSR count). The van der Waals surface area contributed by atoms with E-state index in [1.165, 1.54) is 31.3 Å². The largest absolute Gasteiger partial charge is 0.416 e. The second-order valence-corrected chi connectivity index (χ2v) is 7.83. The third-order valence-electron chi connectivity index (χ3n) is 5.47. The minimum absolute atomic E-state index is 0.00197. The summed E-state index contributed by atoms with van der Waals surface area (Å²) >= 11 is 0. The average Bonchev–Trinajstić information content (AvgIpc) is 3.32. The van der Waals surface area contributed by atoms with Crippen LogP contribution in [0.5, 0.6) is 0 Å². The van der Waals surface area contributed by atoms with E-state index in [9.17, 15) is 37.4 Å². The monoisotopic (exact) mass is 485 g/mol. The highest BCUT2D eigenvalue weighted by Gasteiger charge is 2.42. The van der Waals surface area contributed by atoms with Crippen molar-refractivity contribution in [1.82, 2.24) is 24.1 Å². The van der Waals surface area contributed by atoms with Crippen LogP contribution >= 0.6 is 0 Å². The van der Waals surface area contributed by atoms with Crippen molar-refractivity contribution >= 4 is 0 Å². The lowest BCUT2D eigenvalue weighted by Crippen LogP contribution is -2.44. The van der Waals surface area contributed by atoms with Gasteiger partial charge in [0.15, 0.2) is 6.23 Å². The van der Waals surface area contributed by atoms with Crippen LogP contribution in [0.25, 0.3) is 0 Å². The minimum atomic E-state index is -4.57. The number of benzene rings is 1. The molecule has 4 unspecified atom stereocenters. The standard InChI is InChI=1S/C20H19F4N5O5/c1-10-15(30)16(31)18(34-10)29-9-14(21)17(32)28(19(29)33)8-12-7-27(26-25-12)6-11-4-2-3-5-13(11)20(22,23)24/h2-5,7,9-10,15-16,18,30-31H,6,8H2,1H3. The topological polar surface area (TPSA) is 124 Å². The van der Waals surface area contributed by atoms with Crippen molar-refractivity contribution in [3.8, 4) is 0 Å². The zero-order chi connectivity index (χ0) is 24.8. The van der Waals surface area contributed by atoms with Crippen molar-refractivity contribution in [3.05, 3.63) is 80.1 Å². The van der Waals surface area contributed by atoms with E-state index in [2.05, 4.69) is 10.3 Å². The number of aliphatic hydroxyl groups is 2. The van der Waals surface area contributed by atoms with Crippen molar-refractivity contribution in [2.75, 3.05) is 0 Å². The molecule has 0 amide bonds. The average molecular weight is 485 g/mol. The Balaban J connectivity index is 1.62. The summed E-state index contributed by atoms with van der Waals surface area (Å²) in [5.74, 6) is -1.32. The van der Waals surface area contributed by atoms with Crippen LogP contribution in [0.15, 0.2) is 46.2 Å². The van der Waals surface area contributed by atoms with Crippen molar-refractivity contribution in [1.29, 1.82) is 0 Å². The van der Waals surface area contributed by atoms with Gasteiger partial charge in [0.05, 0.1) is 37.2 Å². The van der Waals surface area contributed by atoms with E-state index in [-0.39, 0.29) is 17.8 Å². The predicted octanol–water partition coefficient (Wildman–Crippen LogP) is 0.495. The summed E-state index contributed by atoms with van der Waals surface area (Å²) in [6, 6.07) is 4.90. The maximum Gasteiger partial charge on any atom is 0.416 e. The third kappa shape index (κ3) is 4.38. The molecule has 1 aromatic carbocycles. The van der Waals surface area contributed by atoms with Gasteiger partial charge in [0, 0.05) is 0 Å². The Morgan fingerprint density at radius 3 is 2.44 bits per heavy atom. The number of rotatable bonds is 5. The molecule has 3 heterocycles. The quantitative estimate of drug-likeness (QED) is 0.505. The van der Waals surface area contributed by atoms with Crippen LogP contribution in [0, 0.1) is 5.82 Å². The highest BCUT2D eigenvalue weighted by molar-refractivity contribution is 5.29. The molecule has 4 atom stereocenters. The highest BCUT2D eigenvalue weighted by atomic mass is 19.4. The van der Waals surface area contributed by atoms with E-state index < -0.39 is 59.9 Å². The Kier molecular flexibility index (Phi) is 6.14.